The van der Waals surface area contributed by atoms with Crippen LogP contribution in [-0.2, 0) is 16.3 Å². The monoisotopic (exact) mass is 349 g/mol. The second-order valence-corrected chi connectivity index (χ2v) is 8.66. The van der Waals surface area contributed by atoms with Crippen molar-refractivity contribution in [2.24, 2.45) is 11.8 Å². The van der Waals surface area contributed by atoms with Crippen molar-refractivity contribution in [3.05, 3.63) is 33.8 Å². The molecule has 0 bridgehead atoms. The van der Waals surface area contributed by atoms with Gasteiger partial charge in [0.15, 0.2) is 9.84 Å². The summed E-state index contributed by atoms with van der Waals surface area (Å²) in [6.07, 6.45) is 1.50. The minimum Gasteiger partial charge on any atom is -0.317 e. The highest BCUT2D eigenvalue weighted by Gasteiger charge is 2.33. The minimum atomic E-state index is -2.86. The number of halogens is 2. The summed E-state index contributed by atoms with van der Waals surface area (Å²) in [4.78, 5) is 0. The van der Waals surface area contributed by atoms with Crippen LogP contribution < -0.4 is 5.32 Å². The molecule has 0 spiro atoms. The highest BCUT2D eigenvalue weighted by atomic mass is 35.5. The Kier molecular flexibility index (Phi) is 5.95. The third-order valence-corrected chi connectivity index (χ3v) is 6.76. The second kappa shape index (κ2) is 7.32. The van der Waals surface area contributed by atoms with E-state index in [1.54, 1.807) is 6.07 Å². The SMILES string of the molecule is CCNCC(Cc1cccc(Cl)c1Cl)C1CCS(=O)(=O)C1. The van der Waals surface area contributed by atoms with Crippen LogP contribution in [0.5, 0.6) is 0 Å². The summed E-state index contributed by atoms with van der Waals surface area (Å²) in [6.45, 7) is 3.73. The molecule has 2 atom stereocenters. The fourth-order valence-corrected chi connectivity index (χ4v) is 5.24. The van der Waals surface area contributed by atoms with Gasteiger partial charge in [-0.05, 0) is 49.4 Å². The van der Waals surface area contributed by atoms with Gasteiger partial charge < -0.3 is 5.32 Å². The normalized spacial score (nSPS) is 22.3. The van der Waals surface area contributed by atoms with E-state index in [1.165, 1.54) is 0 Å². The molecule has 2 unspecified atom stereocenters. The predicted molar refractivity (Wildman–Crippen MR) is 89.0 cm³/mol. The molecule has 118 valence electrons. The van der Waals surface area contributed by atoms with Crippen molar-refractivity contribution < 1.29 is 8.42 Å². The first-order chi connectivity index (χ1) is 9.93. The van der Waals surface area contributed by atoms with Crippen molar-refractivity contribution in [3.8, 4) is 0 Å². The third-order valence-electron chi connectivity index (χ3n) is 4.10. The van der Waals surface area contributed by atoms with Crippen LogP contribution in [0.2, 0.25) is 10.0 Å². The van der Waals surface area contributed by atoms with Crippen LogP contribution in [0, 0.1) is 11.8 Å². The Morgan fingerprint density at radius 2 is 2.14 bits per heavy atom. The molecule has 0 aromatic heterocycles. The molecule has 0 radical (unpaired) electrons. The first kappa shape index (κ1) is 17.1. The first-order valence-corrected chi connectivity index (χ1v) is 9.84. The Hall–Kier alpha value is -0.290. The van der Waals surface area contributed by atoms with Crippen LogP contribution in [0.3, 0.4) is 0 Å². The first-order valence-electron chi connectivity index (χ1n) is 7.27. The van der Waals surface area contributed by atoms with Gasteiger partial charge in [0.1, 0.15) is 0 Å². The molecule has 1 aromatic carbocycles. The van der Waals surface area contributed by atoms with Gasteiger partial charge in [-0.25, -0.2) is 8.42 Å². The maximum atomic E-state index is 11.7. The second-order valence-electron chi connectivity index (χ2n) is 5.65. The van der Waals surface area contributed by atoms with E-state index in [0.717, 1.165) is 31.5 Å². The summed E-state index contributed by atoms with van der Waals surface area (Å²) in [5.74, 6) is 1.06. The average Bonchev–Trinajstić information content (AvgIpc) is 2.79. The van der Waals surface area contributed by atoms with E-state index in [1.807, 2.05) is 12.1 Å². The van der Waals surface area contributed by atoms with Gasteiger partial charge in [0.05, 0.1) is 21.6 Å². The fraction of sp³-hybridized carbons (Fsp3) is 0.600. The van der Waals surface area contributed by atoms with Crippen LogP contribution in [0.1, 0.15) is 18.9 Å². The lowest BCUT2D eigenvalue weighted by atomic mass is 9.86. The third kappa shape index (κ3) is 4.59. The Morgan fingerprint density at radius 1 is 1.38 bits per heavy atom. The lowest BCUT2D eigenvalue weighted by Gasteiger charge is -2.23. The summed E-state index contributed by atoms with van der Waals surface area (Å²) in [6, 6.07) is 5.63. The number of hydrogen-bond acceptors (Lipinski definition) is 3. The maximum absolute atomic E-state index is 11.7. The van der Waals surface area contributed by atoms with E-state index in [9.17, 15) is 8.42 Å². The molecular formula is C15H21Cl2NO2S. The Labute approximate surface area is 136 Å². The molecule has 0 amide bonds. The number of hydrogen-bond donors (Lipinski definition) is 1. The Balaban J connectivity index is 2.15. The van der Waals surface area contributed by atoms with E-state index < -0.39 is 9.84 Å². The molecule has 21 heavy (non-hydrogen) atoms. The van der Waals surface area contributed by atoms with E-state index in [-0.39, 0.29) is 11.8 Å². The zero-order valence-corrected chi connectivity index (χ0v) is 14.4. The van der Waals surface area contributed by atoms with Crippen LogP contribution in [0.15, 0.2) is 18.2 Å². The lowest BCUT2D eigenvalue weighted by molar-refractivity contribution is 0.346. The molecule has 2 rings (SSSR count). The van der Waals surface area contributed by atoms with Crippen LogP contribution >= 0.6 is 23.2 Å². The number of rotatable bonds is 6. The average molecular weight is 350 g/mol. The van der Waals surface area contributed by atoms with Crippen molar-refractivity contribution >= 4 is 33.0 Å². The van der Waals surface area contributed by atoms with E-state index in [4.69, 9.17) is 23.2 Å². The molecule has 1 aliphatic heterocycles. The van der Waals surface area contributed by atoms with Crippen LogP contribution in [0.4, 0.5) is 0 Å². The van der Waals surface area contributed by atoms with Gasteiger partial charge in [-0.3, -0.25) is 0 Å². The zero-order valence-electron chi connectivity index (χ0n) is 12.1. The molecule has 0 aliphatic carbocycles. The minimum absolute atomic E-state index is 0.198. The van der Waals surface area contributed by atoms with Crippen molar-refractivity contribution in [3.63, 3.8) is 0 Å². The number of benzene rings is 1. The molecule has 1 N–H and O–H groups in total. The van der Waals surface area contributed by atoms with E-state index in [2.05, 4.69) is 12.2 Å². The van der Waals surface area contributed by atoms with Crippen LogP contribution in [0.25, 0.3) is 0 Å². The smallest absolute Gasteiger partial charge is 0.150 e. The highest BCUT2D eigenvalue weighted by Crippen LogP contribution is 2.32. The van der Waals surface area contributed by atoms with Crippen molar-refractivity contribution in [1.82, 2.24) is 5.32 Å². The summed E-state index contributed by atoms with van der Waals surface area (Å²) in [5.41, 5.74) is 0.997. The van der Waals surface area contributed by atoms with E-state index >= 15 is 0 Å². The molecule has 1 aromatic rings. The van der Waals surface area contributed by atoms with Gasteiger partial charge in [-0.1, -0.05) is 42.3 Å². The van der Waals surface area contributed by atoms with Gasteiger partial charge in [0.2, 0.25) is 0 Å². The van der Waals surface area contributed by atoms with Gasteiger partial charge in [0.25, 0.3) is 0 Å². The number of nitrogens with one attached hydrogen (secondary N) is 1. The van der Waals surface area contributed by atoms with E-state index in [0.29, 0.717) is 21.6 Å². The lowest BCUT2D eigenvalue weighted by Crippen LogP contribution is -2.30. The van der Waals surface area contributed by atoms with Gasteiger partial charge in [-0.2, -0.15) is 0 Å². The highest BCUT2D eigenvalue weighted by molar-refractivity contribution is 7.91. The molecule has 1 fully saturated rings. The van der Waals surface area contributed by atoms with Crippen molar-refractivity contribution in [2.45, 2.75) is 19.8 Å². The van der Waals surface area contributed by atoms with Crippen LogP contribution in [-0.4, -0.2) is 33.0 Å². The van der Waals surface area contributed by atoms with Gasteiger partial charge >= 0.3 is 0 Å². The summed E-state index contributed by atoms with van der Waals surface area (Å²) < 4.78 is 23.5. The van der Waals surface area contributed by atoms with Gasteiger partial charge in [0, 0.05) is 0 Å². The quantitative estimate of drug-likeness (QED) is 0.857. The van der Waals surface area contributed by atoms with Gasteiger partial charge in [-0.15, -0.1) is 0 Å². The van der Waals surface area contributed by atoms with Crippen molar-refractivity contribution in [2.75, 3.05) is 24.6 Å². The summed E-state index contributed by atoms with van der Waals surface area (Å²) >= 11 is 12.3. The standard InChI is InChI=1S/C15H21Cl2NO2S/c1-2-18-9-13(12-6-7-21(19,20)10-12)8-11-4-3-5-14(16)15(11)17/h3-5,12-13,18H,2,6-10H2,1H3. The largest absolute Gasteiger partial charge is 0.317 e. The molecule has 1 heterocycles. The fourth-order valence-electron chi connectivity index (χ4n) is 2.92. The molecule has 1 aliphatic rings. The topological polar surface area (TPSA) is 46.2 Å². The summed E-state index contributed by atoms with van der Waals surface area (Å²) in [5, 5.41) is 4.47. The molecule has 0 saturated carbocycles. The molecule has 6 heteroatoms. The molecular weight excluding hydrogens is 329 g/mol. The predicted octanol–water partition coefficient (Wildman–Crippen LogP) is 3.20. The molecule has 3 nitrogen and oxygen atoms in total. The van der Waals surface area contributed by atoms with Crippen molar-refractivity contribution in [1.29, 1.82) is 0 Å². The zero-order chi connectivity index (χ0) is 15.5. The maximum Gasteiger partial charge on any atom is 0.150 e. The Morgan fingerprint density at radius 3 is 2.76 bits per heavy atom. The number of sulfone groups is 1. The molecule has 1 saturated heterocycles. The Bertz CT molecular complexity index is 589. The summed E-state index contributed by atoms with van der Waals surface area (Å²) in [7, 11) is -2.86.